The van der Waals surface area contributed by atoms with Crippen LogP contribution in [0.2, 0.25) is 0 Å². The number of amides is 1. The van der Waals surface area contributed by atoms with Crippen molar-refractivity contribution in [3.8, 4) is 0 Å². The largest absolute Gasteiger partial charge is 0.465 e. The highest BCUT2D eigenvalue weighted by Gasteiger charge is 2.10. The molecule has 0 fully saturated rings. The number of aliphatic hydroxyl groups excluding tert-OH is 1. The first-order valence-electron chi connectivity index (χ1n) is 7.52. The molecule has 0 unspecified atom stereocenters. The lowest BCUT2D eigenvalue weighted by molar-refractivity contribution is 0.194. The van der Waals surface area contributed by atoms with Crippen molar-refractivity contribution in [3.63, 3.8) is 0 Å². The number of benzene rings is 1. The van der Waals surface area contributed by atoms with Crippen LogP contribution in [0.1, 0.15) is 31.4 Å². The van der Waals surface area contributed by atoms with Crippen LogP contribution in [-0.2, 0) is 6.61 Å². The summed E-state index contributed by atoms with van der Waals surface area (Å²) in [5, 5.41) is 20.2. The highest BCUT2D eigenvalue weighted by atomic mass is 32.2. The van der Waals surface area contributed by atoms with Crippen LogP contribution in [0.25, 0.3) is 0 Å². The Balaban J connectivity index is 2.59. The van der Waals surface area contributed by atoms with Gasteiger partial charge in [0.1, 0.15) is 0 Å². The molecule has 0 spiro atoms. The molecule has 0 aliphatic carbocycles. The molecule has 22 heavy (non-hydrogen) atoms. The van der Waals surface area contributed by atoms with Crippen LogP contribution in [0.3, 0.4) is 0 Å². The minimum atomic E-state index is -0.974. The SMILES string of the molecule is Cc1cc(SN(CCCNC(=O)O)CC(C)C)ccc1CO. The molecule has 1 aromatic carbocycles. The number of nitrogens with one attached hydrogen (secondary N) is 1. The maximum atomic E-state index is 10.5. The summed E-state index contributed by atoms with van der Waals surface area (Å²) in [6.07, 6.45) is -0.196. The van der Waals surface area contributed by atoms with Gasteiger partial charge in [0.2, 0.25) is 0 Å². The second-order valence-electron chi connectivity index (χ2n) is 5.71. The zero-order valence-corrected chi connectivity index (χ0v) is 14.3. The van der Waals surface area contributed by atoms with Crippen LogP contribution in [0.4, 0.5) is 4.79 Å². The van der Waals surface area contributed by atoms with Crippen LogP contribution in [-0.4, -0.2) is 40.2 Å². The average molecular weight is 326 g/mol. The Labute approximate surface area is 136 Å². The Morgan fingerprint density at radius 2 is 2.14 bits per heavy atom. The van der Waals surface area contributed by atoms with E-state index in [0.717, 1.165) is 35.5 Å². The van der Waals surface area contributed by atoms with E-state index in [1.165, 1.54) is 0 Å². The lowest BCUT2D eigenvalue weighted by atomic mass is 10.1. The van der Waals surface area contributed by atoms with Gasteiger partial charge in [-0.05, 0) is 54.5 Å². The normalized spacial score (nSPS) is 11.2. The van der Waals surface area contributed by atoms with E-state index in [0.29, 0.717) is 12.5 Å². The number of aryl methyl sites for hydroxylation is 1. The van der Waals surface area contributed by atoms with E-state index < -0.39 is 6.09 Å². The van der Waals surface area contributed by atoms with Gasteiger partial charge in [-0.15, -0.1) is 0 Å². The summed E-state index contributed by atoms with van der Waals surface area (Å²) in [4.78, 5) is 11.6. The van der Waals surface area contributed by atoms with Gasteiger partial charge in [-0.2, -0.15) is 0 Å². The summed E-state index contributed by atoms with van der Waals surface area (Å²) in [6, 6.07) is 6.06. The monoisotopic (exact) mass is 326 g/mol. The third kappa shape index (κ3) is 7.15. The van der Waals surface area contributed by atoms with Gasteiger partial charge in [-0.3, -0.25) is 0 Å². The number of nitrogens with zero attached hydrogens (tertiary/aromatic N) is 1. The summed E-state index contributed by atoms with van der Waals surface area (Å²) in [7, 11) is 0. The van der Waals surface area contributed by atoms with Crippen molar-refractivity contribution in [2.24, 2.45) is 5.92 Å². The minimum absolute atomic E-state index is 0.0628. The quantitative estimate of drug-likeness (QED) is 0.480. The summed E-state index contributed by atoms with van der Waals surface area (Å²) in [6.45, 7) is 8.63. The van der Waals surface area contributed by atoms with Crippen molar-refractivity contribution < 1.29 is 15.0 Å². The molecule has 5 nitrogen and oxygen atoms in total. The summed E-state index contributed by atoms with van der Waals surface area (Å²) < 4.78 is 2.27. The van der Waals surface area contributed by atoms with Crippen molar-refractivity contribution >= 4 is 18.0 Å². The summed E-state index contributed by atoms with van der Waals surface area (Å²) in [5.74, 6) is 0.540. The molecule has 3 N–H and O–H groups in total. The second-order valence-corrected chi connectivity index (χ2v) is 6.88. The van der Waals surface area contributed by atoms with Crippen molar-refractivity contribution in [1.82, 2.24) is 9.62 Å². The molecule has 0 radical (unpaired) electrons. The Morgan fingerprint density at radius 3 is 2.68 bits per heavy atom. The van der Waals surface area contributed by atoms with E-state index >= 15 is 0 Å². The third-order valence-electron chi connectivity index (χ3n) is 3.15. The summed E-state index contributed by atoms with van der Waals surface area (Å²) in [5.41, 5.74) is 2.04. The van der Waals surface area contributed by atoms with Crippen LogP contribution in [0, 0.1) is 12.8 Å². The molecule has 0 atom stereocenters. The van der Waals surface area contributed by atoms with Gasteiger partial charge < -0.3 is 15.5 Å². The first-order chi connectivity index (χ1) is 10.4. The molecule has 6 heteroatoms. The van der Waals surface area contributed by atoms with Gasteiger partial charge in [-0.25, -0.2) is 9.10 Å². The van der Waals surface area contributed by atoms with Gasteiger partial charge in [0.15, 0.2) is 0 Å². The predicted molar refractivity (Wildman–Crippen MR) is 90.0 cm³/mol. The average Bonchev–Trinajstić information content (AvgIpc) is 2.43. The van der Waals surface area contributed by atoms with E-state index in [1.54, 1.807) is 11.9 Å². The number of aliphatic hydroxyl groups is 1. The van der Waals surface area contributed by atoms with Crippen LogP contribution < -0.4 is 5.32 Å². The fourth-order valence-electron chi connectivity index (χ4n) is 2.08. The molecule has 0 aliphatic heterocycles. The lowest BCUT2D eigenvalue weighted by Gasteiger charge is -2.23. The van der Waals surface area contributed by atoms with E-state index in [4.69, 9.17) is 5.11 Å². The standard InChI is InChI=1S/C16H26N2O3S/c1-12(2)10-18(8-4-7-17-16(20)21)22-15-6-5-14(11-19)13(3)9-15/h5-6,9,12,17,19H,4,7-8,10-11H2,1-3H3,(H,20,21). The summed E-state index contributed by atoms with van der Waals surface area (Å²) >= 11 is 1.69. The van der Waals surface area contributed by atoms with E-state index in [-0.39, 0.29) is 6.61 Å². The maximum Gasteiger partial charge on any atom is 0.404 e. The molecule has 0 bridgehead atoms. The maximum absolute atomic E-state index is 10.5. The smallest absolute Gasteiger partial charge is 0.404 e. The number of hydrogen-bond acceptors (Lipinski definition) is 4. The minimum Gasteiger partial charge on any atom is -0.465 e. The van der Waals surface area contributed by atoms with Gasteiger partial charge in [-0.1, -0.05) is 19.9 Å². The molecule has 0 heterocycles. The van der Waals surface area contributed by atoms with Gasteiger partial charge in [0.05, 0.1) is 6.61 Å². The molecule has 0 aliphatic rings. The first-order valence-corrected chi connectivity index (χ1v) is 8.29. The van der Waals surface area contributed by atoms with Crippen molar-refractivity contribution in [1.29, 1.82) is 0 Å². The highest BCUT2D eigenvalue weighted by molar-refractivity contribution is 7.97. The van der Waals surface area contributed by atoms with E-state index in [1.807, 2.05) is 19.1 Å². The van der Waals surface area contributed by atoms with E-state index in [9.17, 15) is 9.90 Å². The topological polar surface area (TPSA) is 72.8 Å². The predicted octanol–water partition coefficient (Wildman–Crippen LogP) is 3.11. The fourth-order valence-corrected chi connectivity index (χ4v) is 3.33. The molecule has 0 saturated heterocycles. The van der Waals surface area contributed by atoms with Crippen LogP contribution in [0.15, 0.2) is 23.1 Å². The van der Waals surface area contributed by atoms with Crippen LogP contribution >= 0.6 is 11.9 Å². The first kappa shape index (κ1) is 18.8. The molecular formula is C16H26N2O3S. The Morgan fingerprint density at radius 1 is 1.41 bits per heavy atom. The third-order valence-corrected chi connectivity index (χ3v) is 4.20. The van der Waals surface area contributed by atoms with Gasteiger partial charge in [0, 0.05) is 24.5 Å². The zero-order valence-electron chi connectivity index (χ0n) is 13.5. The highest BCUT2D eigenvalue weighted by Crippen LogP contribution is 2.26. The zero-order chi connectivity index (χ0) is 16.5. The number of carboxylic acid groups (broad SMARTS) is 1. The number of rotatable bonds is 9. The molecule has 1 amide bonds. The van der Waals surface area contributed by atoms with E-state index in [2.05, 4.69) is 29.5 Å². The molecule has 124 valence electrons. The molecule has 0 saturated carbocycles. The van der Waals surface area contributed by atoms with Gasteiger partial charge >= 0.3 is 6.09 Å². The Hall–Kier alpha value is -1.24. The molecule has 1 rings (SSSR count). The fraction of sp³-hybridized carbons (Fsp3) is 0.562. The molecule has 0 aromatic heterocycles. The number of carbonyl (C=O) groups is 1. The molecular weight excluding hydrogens is 300 g/mol. The van der Waals surface area contributed by atoms with Crippen LogP contribution in [0.5, 0.6) is 0 Å². The van der Waals surface area contributed by atoms with Crippen molar-refractivity contribution in [2.75, 3.05) is 19.6 Å². The second kappa shape index (κ2) is 9.71. The van der Waals surface area contributed by atoms with Crippen molar-refractivity contribution in [3.05, 3.63) is 29.3 Å². The van der Waals surface area contributed by atoms with Gasteiger partial charge in [0.25, 0.3) is 0 Å². The Bertz CT molecular complexity index is 480. The number of hydrogen-bond donors (Lipinski definition) is 3. The van der Waals surface area contributed by atoms with Crippen molar-refractivity contribution in [2.45, 2.75) is 38.7 Å². The Kier molecular flexibility index (Phi) is 8.30. The lowest BCUT2D eigenvalue weighted by Crippen LogP contribution is -2.27. The molecule has 1 aromatic rings.